The molecular formula is C21H26N4O5. The molecule has 0 saturated carbocycles. The van der Waals surface area contributed by atoms with Gasteiger partial charge in [-0.1, -0.05) is 12.1 Å². The third-order valence-electron chi connectivity index (χ3n) is 6.35. The van der Waals surface area contributed by atoms with Gasteiger partial charge in [0.1, 0.15) is 11.6 Å². The molecule has 3 fully saturated rings. The summed E-state index contributed by atoms with van der Waals surface area (Å²) < 4.78 is 11.9. The van der Waals surface area contributed by atoms with Gasteiger partial charge in [-0.05, 0) is 23.6 Å². The zero-order chi connectivity index (χ0) is 20.7. The van der Waals surface area contributed by atoms with Crippen molar-refractivity contribution in [1.82, 2.24) is 20.9 Å². The van der Waals surface area contributed by atoms with Gasteiger partial charge in [-0.3, -0.25) is 19.7 Å². The van der Waals surface area contributed by atoms with Crippen molar-refractivity contribution in [3.63, 3.8) is 0 Å². The minimum Gasteiger partial charge on any atom is -0.376 e. The van der Waals surface area contributed by atoms with E-state index in [-0.39, 0.29) is 35.8 Å². The van der Waals surface area contributed by atoms with Crippen LogP contribution in [0.2, 0.25) is 0 Å². The van der Waals surface area contributed by atoms with Gasteiger partial charge in [-0.15, -0.1) is 0 Å². The molecule has 1 aromatic rings. The van der Waals surface area contributed by atoms with E-state index in [2.05, 4.69) is 16.0 Å². The van der Waals surface area contributed by atoms with Crippen molar-refractivity contribution in [3.05, 3.63) is 34.9 Å². The fourth-order valence-corrected chi connectivity index (χ4v) is 4.67. The van der Waals surface area contributed by atoms with E-state index in [0.717, 1.165) is 24.2 Å². The van der Waals surface area contributed by atoms with Gasteiger partial charge in [0.05, 0.1) is 19.3 Å². The second-order valence-electron chi connectivity index (χ2n) is 8.52. The number of benzene rings is 1. The molecule has 2 unspecified atom stereocenters. The first-order valence-corrected chi connectivity index (χ1v) is 10.5. The number of nitrogens with zero attached hydrogens (tertiary/aromatic N) is 1. The smallest absolute Gasteiger partial charge is 0.255 e. The van der Waals surface area contributed by atoms with E-state index in [4.69, 9.17) is 9.47 Å². The van der Waals surface area contributed by atoms with Gasteiger partial charge in [0.15, 0.2) is 0 Å². The van der Waals surface area contributed by atoms with E-state index in [1.165, 1.54) is 0 Å². The first kappa shape index (κ1) is 19.6. The molecule has 4 aliphatic heterocycles. The number of amides is 3. The van der Waals surface area contributed by atoms with Crippen molar-refractivity contribution < 1.29 is 23.9 Å². The second kappa shape index (κ2) is 7.73. The minimum absolute atomic E-state index is 0.000729. The highest BCUT2D eigenvalue weighted by molar-refractivity contribution is 6.05. The average molecular weight is 414 g/mol. The lowest BCUT2D eigenvalue weighted by molar-refractivity contribution is -0.214. The summed E-state index contributed by atoms with van der Waals surface area (Å²) in [6.45, 7) is 4.52. The summed E-state index contributed by atoms with van der Waals surface area (Å²) >= 11 is 0. The maximum atomic E-state index is 12.9. The molecule has 1 spiro atoms. The largest absolute Gasteiger partial charge is 0.376 e. The van der Waals surface area contributed by atoms with Gasteiger partial charge < -0.3 is 25.0 Å². The Kier molecular flexibility index (Phi) is 5.06. The van der Waals surface area contributed by atoms with Crippen LogP contribution in [0.3, 0.4) is 0 Å². The number of carbonyl (C=O) groups is 3. The number of nitrogens with one attached hydrogen (secondary N) is 3. The summed E-state index contributed by atoms with van der Waals surface area (Å²) in [7, 11) is 0. The Hall–Kier alpha value is -2.33. The third-order valence-corrected chi connectivity index (χ3v) is 6.35. The zero-order valence-electron chi connectivity index (χ0n) is 16.7. The summed E-state index contributed by atoms with van der Waals surface area (Å²) in [5.41, 5.74) is 2.44. The van der Waals surface area contributed by atoms with Crippen LogP contribution >= 0.6 is 0 Å². The van der Waals surface area contributed by atoms with E-state index < -0.39 is 6.04 Å². The molecule has 2 atom stereocenters. The fourth-order valence-electron chi connectivity index (χ4n) is 4.67. The Morgan fingerprint density at radius 1 is 1.23 bits per heavy atom. The molecule has 0 aromatic heterocycles. The number of piperidine rings is 1. The van der Waals surface area contributed by atoms with Crippen LogP contribution < -0.4 is 16.0 Å². The molecule has 9 heteroatoms. The van der Waals surface area contributed by atoms with Gasteiger partial charge in [-0.25, -0.2) is 0 Å². The van der Waals surface area contributed by atoms with Gasteiger partial charge in [0.25, 0.3) is 5.91 Å². The lowest BCUT2D eigenvalue weighted by atomic mass is 9.96. The van der Waals surface area contributed by atoms with E-state index in [1.807, 2.05) is 12.1 Å². The predicted octanol–water partition coefficient (Wildman–Crippen LogP) is -0.705. The monoisotopic (exact) mass is 414 g/mol. The highest BCUT2D eigenvalue weighted by atomic mass is 16.6. The van der Waals surface area contributed by atoms with Gasteiger partial charge >= 0.3 is 0 Å². The highest BCUT2D eigenvalue weighted by Gasteiger charge is 2.43. The average Bonchev–Trinajstić information content (AvgIpc) is 3.04. The van der Waals surface area contributed by atoms with Crippen LogP contribution in [-0.4, -0.2) is 73.2 Å². The van der Waals surface area contributed by atoms with Crippen molar-refractivity contribution in [3.8, 4) is 0 Å². The first-order valence-electron chi connectivity index (χ1n) is 10.5. The topological polar surface area (TPSA) is 109 Å². The quantitative estimate of drug-likeness (QED) is 0.547. The van der Waals surface area contributed by atoms with Crippen LogP contribution in [0.25, 0.3) is 0 Å². The molecule has 30 heavy (non-hydrogen) atoms. The van der Waals surface area contributed by atoms with Gasteiger partial charge in [0, 0.05) is 44.7 Å². The van der Waals surface area contributed by atoms with Crippen molar-refractivity contribution in [2.45, 2.75) is 43.7 Å². The summed E-state index contributed by atoms with van der Waals surface area (Å²) in [5.74, 6) is -0.815. The Bertz CT molecular complexity index is 884. The molecule has 3 saturated heterocycles. The molecule has 0 radical (unpaired) electrons. The molecule has 3 amide bonds. The van der Waals surface area contributed by atoms with Crippen LogP contribution in [0, 0.1) is 0 Å². The van der Waals surface area contributed by atoms with Crippen molar-refractivity contribution in [1.29, 1.82) is 0 Å². The van der Waals surface area contributed by atoms with Crippen molar-refractivity contribution >= 4 is 17.7 Å². The number of fused-ring (bicyclic) bond motifs is 1. The first-order chi connectivity index (χ1) is 14.5. The number of carbonyl (C=O) groups excluding carboxylic acids is 3. The number of hydrogen-bond donors (Lipinski definition) is 3. The molecule has 3 N–H and O–H groups in total. The van der Waals surface area contributed by atoms with Crippen LogP contribution in [0.1, 0.15) is 34.3 Å². The summed E-state index contributed by atoms with van der Waals surface area (Å²) in [4.78, 5) is 38.2. The highest BCUT2D eigenvalue weighted by Crippen LogP contribution is 2.30. The lowest BCUT2D eigenvalue weighted by Crippen LogP contribution is -2.67. The maximum absolute atomic E-state index is 12.9. The van der Waals surface area contributed by atoms with Crippen molar-refractivity contribution in [2.24, 2.45) is 0 Å². The lowest BCUT2D eigenvalue weighted by Gasteiger charge is -2.47. The van der Waals surface area contributed by atoms with Crippen molar-refractivity contribution in [2.75, 3.05) is 32.8 Å². The van der Waals surface area contributed by atoms with Crippen LogP contribution in [0.5, 0.6) is 0 Å². The van der Waals surface area contributed by atoms with Crippen LogP contribution in [0.15, 0.2) is 18.2 Å². The molecule has 0 aliphatic carbocycles. The minimum atomic E-state index is -0.594. The summed E-state index contributed by atoms with van der Waals surface area (Å²) in [6, 6.07) is 5.08. The molecule has 1 aromatic carbocycles. The maximum Gasteiger partial charge on any atom is 0.255 e. The van der Waals surface area contributed by atoms with Crippen LogP contribution in [0.4, 0.5) is 0 Å². The summed E-state index contributed by atoms with van der Waals surface area (Å²) in [6.07, 6.45) is 0.623. The Labute approximate surface area is 174 Å². The zero-order valence-corrected chi connectivity index (χ0v) is 16.7. The SMILES string of the molecule is O=C1CCC(N2Cc3c(CNCC4COCC5(CNC5)O4)cccc3C2=O)C(=O)N1. The predicted molar refractivity (Wildman–Crippen MR) is 105 cm³/mol. The Morgan fingerprint density at radius 2 is 2.10 bits per heavy atom. The number of imide groups is 1. The standard InChI is InChI=1S/C21H26N4O5/c26-18-5-4-17(19(27)24-18)25-8-16-13(2-1-3-15(16)20(25)28)6-22-7-14-9-29-12-21(30-14)10-23-11-21/h1-3,14,17,22-23H,4-12H2,(H,24,26,27). The molecule has 0 bridgehead atoms. The molecule has 4 aliphatic rings. The summed E-state index contributed by atoms with van der Waals surface area (Å²) in [5, 5.41) is 9.01. The normalized spacial score (nSPS) is 27.7. The Morgan fingerprint density at radius 3 is 2.87 bits per heavy atom. The van der Waals surface area contributed by atoms with Gasteiger partial charge in [-0.2, -0.15) is 0 Å². The third kappa shape index (κ3) is 3.51. The molecule has 160 valence electrons. The molecular weight excluding hydrogens is 388 g/mol. The Balaban J connectivity index is 1.22. The molecule has 9 nitrogen and oxygen atoms in total. The van der Waals surface area contributed by atoms with E-state index in [9.17, 15) is 14.4 Å². The molecule has 4 heterocycles. The fraction of sp³-hybridized carbons (Fsp3) is 0.571. The van der Waals surface area contributed by atoms with E-state index >= 15 is 0 Å². The number of hydrogen-bond acceptors (Lipinski definition) is 7. The van der Waals surface area contributed by atoms with E-state index in [1.54, 1.807) is 11.0 Å². The second-order valence-corrected chi connectivity index (χ2v) is 8.52. The molecule has 5 rings (SSSR count). The van der Waals surface area contributed by atoms with E-state index in [0.29, 0.717) is 44.8 Å². The van der Waals surface area contributed by atoms with Crippen LogP contribution in [-0.2, 0) is 32.2 Å². The number of ether oxygens (including phenoxy) is 2. The number of rotatable bonds is 5. The van der Waals surface area contributed by atoms with Gasteiger partial charge in [0.2, 0.25) is 11.8 Å².